The van der Waals surface area contributed by atoms with Crippen molar-refractivity contribution in [3.05, 3.63) is 20.8 Å². The lowest BCUT2D eigenvalue weighted by Gasteiger charge is -2.28. The van der Waals surface area contributed by atoms with E-state index in [0.29, 0.717) is 11.2 Å². The molecule has 3 rings (SSSR count). The normalized spacial score (nSPS) is 14.6. The Kier molecular flexibility index (Phi) is 3.78. The molecule has 0 saturated heterocycles. The molecule has 0 unspecified atom stereocenters. The third kappa shape index (κ3) is 2.14. The Bertz CT molecular complexity index is 816. The molecule has 0 amide bonds. The lowest BCUT2D eigenvalue weighted by atomic mass is 10.2. The van der Waals surface area contributed by atoms with E-state index in [1.807, 2.05) is 4.57 Å². The molecule has 1 aliphatic heterocycles. The molecule has 0 spiro atoms. The quantitative estimate of drug-likeness (QED) is 0.764. The summed E-state index contributed by atoms with van der Waals surface area (Å²) < 4.78 is 4.47. The molecule has 1 aliphatic rings. The third-order valence-electron chi connectivity index (χ3n) is 4.26. The zero-order valence-electron chi connectivity index (χ0n) is 12.9. The summed E-state index contributed by atoms with van der Waals surface area (Å²) in [6.45, 7) is 2.58. The minimum absolute atomic E-state index is 0.180. The number of unbranched alkanes of at least 4 members (excludes halogenated alkanes) is 1. The molecular weight excluding hydrogens is 286 g/mol. The van der Waals surface area contributed by atoms with Crippen molar-refractivity contribution in [2.45, 2.75) is 25.8 Å². The molecule has 0 radical (unpaired) electrons. The van der Waals surface area contributed by atoms with Crippen LogP contribution < -0.4 is 16.1 Å². The Labute approximate surface area is 127 Å². The summed E-state index contributed by atoms with van der Waals surface area (Å²) in [6.07, 6.45) is 2.55. The van der Waals surface area contributed by atoms with Gasteiger partial charge in [0.25, 0.3) is 5.56 Å². The predicted molar refractivity (Wildman–Crippen MR) is 83.4 cm³/mol. The first-order chi connectivity index (χ1) is 10.6. The van der Waals surface area contributed by atoms with Gasteiger partial charge in [-0.25, -0.2) is 4.79 Å². The average molecular weight is 307 g/mol. The Morgan fingerprint density at radius 2 is 1.91 bits per heavy atom. The highest BCUT2D eigenvalue weighted by Crippen LogP contribution is 2.24. The van der Waals surface area contributed by atoms with Crippen LogP contribution in [0.2, 0.25) is 0 Å². The topological polar surface area (TPSA) is 85.3 Å². The van der Waals surface area contributed by atoms with Crippen molar-refractivity contribution in [2.24, 2.45) is 14.1 Å². The maximum Gasteiger partial charge on any atom is 0.332 e. The second kappa shape index (κ2) is 5.60. The van der Waals surface area contributed by atoms with Gasteiger partial charge in [0.05, 0.1) is 0 Å². The summed E-state index contributed by atoms with van der Waals surface area (Å²) in [6, 6.07) is 0. The maximum atomic E-state index is 12.4. The van der Waals surface area contributed by atoms with Crippen molar-refractivity contribution < 1.29 is 5.11 Å². The van der Waals surface area contributed by atoms with Crippen LogP contribution in [0.5, 0.6) is 0 Å². The summed E-state index contributed by atoms with van der Waals surface area (Å²) in [5.74, 6) is 0.748. The minimum atomic E-state index is -0.361. The first kappa shape index (κ1) is 14.8. The summed E-state index contributed by atoms with van der Waals surface area (Å²) in [4.78, 5) is 31.2. The number of aromatic nitrogens is 4. The maximum absolute atomic E-state index is 12.4. The van der Waals surface area contributed by atoms with Gasteiger partial charge in [-0.1, -0.05) is 0 Å². The van der Waals surface area contributed by atoms with Gasteiger partial charge < -0.3 is 14.6 Å². The van der Waals surface area contributed by atoms with Crippen molar-refractivity contribution >= 4 is 17.1 Å². The first-order valence-electron chi connectivity index (χ1n) is 7.58. The fourth-order valence-corrected chi connectivity index (χ4v) is 3.03. The summed E-state index contributed by atoms with van der Waals surface area (Å²) in [5, 5.41) is 8.92. The highest BCUT2D eigenvalue weighted by molar-refractivity contribution is 5.74. The van der Waals surface area contributed by atoms with Crippen molar-refractivity contribution in [1.82, 2.24) is 18.7 Å². The number of imidazole rings is 1. The zero-order valence-corrected chi connectivity index (χ0v) is 12.9. The standard InChI is InChI=1S/C14H21N5O3/c1-16-11-10(12(21)17(2)14(16)22)19-8-5-7-18(13(19)15-11)6-3-4-9-20/h20H,3-9H2,1-2H3. The molecule has 0 atom stereocenters. The second-order valence-electron chi connectivity index (χ2n) is 5.71. The van der Waals surface area contributed by atoms with Crippen LogP contribution >= 0.6 is 0 Å². The van der Waals surface area contributed by atoms with E-state index < -0.39 is 0 Å². The second-order valence-corrected chi connectivity index (χ2v) is 5.71. The highest BCUT2D eigenvalue weighted by atomic mass is 16.3. The lowest BCUT2D eigenvalue weighted by Crippen LogP contribution is -2.38. The Balaban J connectivity index is 2.15. The Morgan fingerprint density at radius 3 is 2.64 bits per heavy atom. The van der Waals surface area contributed by atoms with Gasteiger partial charge in [0.1, 0.15) is 0 Å². The predicted octanol–water partition coefficient (Wildman–Crippen LogP) is -0.584. The summed E-state index contributed by atoms with van der Waals surface area (Å²) in [7, 11) is 3.13. The van der Waals surface area contributed by atoms with E-state index in [9.17, 15) is 9.59 Å². The van der Waals surface area contributed by atoms with Gasteiger partial charge in [-0.3, -0.25) is 13.9 Å². The van der Waals surface area contributed by atoms with E-state index in [-0.39, 0.29) is 17.9 Å². The van der Waals surface area contributed by atoms with Crippen LogP contribution in [0.3, 0.4) is 0 Å². The van der Waals surface area contributed by atoms with Gasteiger partial charge in [-0.2, -0.15) is 4.98 Å². The fraction of sp³-hybridized carbons (Fsp3) is 0.643. The van der Waals surface area contributed by atoms with Crippen LogP contribution in [-0.2, 0) is 20.6 Å². The smallest absolute Gasteiger partial charge is 0.332 e. The summed E-state index contributed by atoms with van der Waals surface area (Å²) >= 11 is 0. The van der Waals surface area contributed by atoms with E-state index >= 15 is 0 Å². The highest BCUT2D eigenvalue weighted by Gasteiger charge is 2.25. The van der Waals surface area contributed by atoms with Crippen LogP contribution in [0.1, 0.15) is 19.3 Å². The number of aliphatic hydroxyl groups excluding tert-OH is 1. The number of aliphatic hydroxyl groups is 1. The van der Waals surface area contributed by atoms with E-state index in [4.69, 9.17) is 5.11 Å². The molecule has 0 fully saturated rings. The number of hydrogen-bond acceptors (Lipinski definition) is 5. The summed E-state index contributed by atoms with van der Waals surface area (Å²) in [5.41, 5.74) is 0.275. The lowest BCUT2D eigenvalue weighted by molar-refractivity contribution is 0.284. The molecule has 2 aromatic rings. The number of hydrogen-bond donors (Lipinski definition) is 1. The van der Waals surface area contributed by atoms with Gasteiger partial charge in [0.15, 0.2) is 11.2 Å². The average Bonchev–Trinajstić information content (AvgIpc) is 2.91. The first-order valence-corrected chi connectivity index (χ1v) is 7.58. The molecule has 0 aliphatic carbocycles. The van der Waals surface area contributed by atoms with E-state index in [1.54, 1.807) is 7.05 Å². The number of fused-ring (bicyclic) bond motifs is 3. The molecule has 2 aromatic heterocycles. The van der Waals surface area contributed by atoms with Crippen LogP contribution in [0.4, 0.5) is 5.95 Å². The van der Waals surface area contributed by atoms with Gasteiger partial charge in [-0.05, 0) is 19.3 Å². The van der Waals surface area contributed by atoms with Gasteiger partial charge >= 0.3 is 5.69 Å². The molecular formula is C14H21N5O3. The van der Waals surface area contributed by atoms with Crippen molar-refractivity contribution in [2.75, 3.05) is 24.6 Å². The molecule has 8 nitrogen and oxygen atoms in total. The molecule has 22 heavy (non-hydrogen) atoms. The minimum Gasteiger partial charge on any atom is -0.396 e. The van der Waals surface area contributed by atoms with E-state index in [0.717, 1.165) is 49.4 Å². The zero-order chi connectivity index (χ0) is 15.9. The van der Waals surface area contributed by atoms with Gasteiger partial charge in [0, 0.05) is 40.3 Å². The molecule has 120 valence electrons. The van der Waals surface area contributed by atoms with Crippen molar-refractivity contribution in [3.63, 3.8) is 0 Å². The number of aryl methyl sites for hydroxylation is 2. The number of nitrogens with zero attached hydrogens (tertiary/aromatic N) is 5. The van der Waals surface area contributed by atoms with Crippen LogP contribution in [0.15, 0.2) is 9.59 Å². The van der Waals surface area contributed by atoms with Crippen LogP contribution in [-0.4, -0.2) is 43.5 Å². The monoisotopic (exact) mass is 307 g/mol. The molecule has 0 saturated carbocycles. The number of rotatable bonds is 4. The Morgan fingerprint density at radius 1 is 1.14 bits per heavy atom. The molecule has 3 heterocycles. The molecule has 0 aromatic carbocycles. The number of anilines is 1. The van der Waals surface area contributed by atoms with Crippen LogP contribution in [0, 0.1) is 0 Å². The third-order valence-corrected chi connectivity index (χ3v) is 4.26. The van der Waals surface area contributed by atoms with Crippen molar-refractivity contribution in [3.8, 4) is 0 Å². The van der Waals surface area contributed by atoms with Crippen LogP contribution in [0.25, 0.3) is 11.2 Å². The van der Waals surface area contributed by atoms with E-state index in [2.05, 4.69) is 9.88 Å². The molecule has 0 bridgehead atoms. The molecule has 1 N–H and O–H groups in total. The van der Waals surface area contributed by atoms with Gasteiger partial charge in [0.2, 0.25) is 5.95 Å². The SMILES string of the molecule is Cn1c(=O)c2c(nc3n2CCCN3CCCCO)n(C)c1=O. The largest absolute Gasteiger partial charge is 0.396 e. The van der Waals surface area contributed by atoms with Crippen molar-refractivity contribution in [1.29, 1.82) is 0 Å². The van der Waals surface area contributed by atoms with Gasteiger partial charge in [-0.15, -0.1) is 0 Å². The Hall–Kier alpha value is -2.09. The van der Waals surface area contributed by atoms with E-state index in [1.165, 1.54) is 11.6 Å². The molecule has 8 heteroatoms. The fourth-order valence-electron chi connectivity index (χ4n) is 3.03.